The lowest BCUT2D eigenvalue weighted by Crippen LogP contribution is -2.26. The zero-order chi connectivity index (χ0) is 23.6. The Labute approximate surface area is 176 Å². The van der Waals surface area contributed by atoms with Gasteiger partial charge in [-0.3, -0.25) is 19.1 Å². The number of amides is 1. The summed E-state index contributed by atoms with van der Waals surface area (Å²) in [5, 5.41) is -0.541. The lowest BCUT2D eigenvalue weighted by Gasteiger charge is -2.14. The second-order valence-corrected chi connectivity index (χ2v) is 9.09. The van der Waals surface area contributed by atoms with Crippen LogP contribution in [0.2, 0.25) is 0 Å². The molecule has 170 valence electrons. The highest BCUT2D eigenvalue weighted by molar-refractivity contribution is 7.91. The summed E-state index contributed by atoms with van der Waals surface area (Å²) in [6.07, 6.45) is -8.08. The van der Waals surface area contributed by atoms with Crippen LogP contribution in [0, 0.1) is 0 Å². The van der Waals surface area contributed by atoms with Gasteiger partial charge in [0.2, 0.25) is 0 Å². The Hall–Kier alpha value is -3.16. The molecule has 0 atom stereocenters. The summed E-state index contributed by atoms with van der Waals surface area (Å²) in [5.41, 5.74) is -3.09. The molecule has 7 nitrogen and oxygen atoms in total. The van der Waals surface area contributed by atoms with Crippen molar-refractivity contribution in [1.29, 1.82) is 0 Å². The van der Waals surface area contributed by atoms with Crippen molar-refractivity contribution in [2.45, 2.75) is 30.8 Å². The summed E-state index contributed by atoms with van der Waals surface area (Å²) in [6.45, 7) is 0.898. The second-order valence-electron chi connectivity index (χ2n) is 6.89. The summed E-state index contributed by atoms with van der Waals surface area (Å²) in [6, 6.07) is 1.87. The summed E-state index contributed by atoms with van der Waals surface area (Å²) in [7, 11) is -4.12. The fourth-order valence-corrected chi connectivity index (χ4v) is 4.45. The zero-order valence-corrected chi connectivity index (χ0v) is 16.8. The Bertz CT molecular complexity index is 1360. The third kappa shape index (κ3) is 3.47. The van der Waals surface area contributed by atoms with Gasteiger partial charge in [0.05, 0.1) is 34.7 Å². The maximum Gasteiger partial charge on any atom is 0.417 e. The van der Waals surface area contributed by atoms with Gasteiger partial charge in [-0.05, 0) is 18.2 Å². The molecule has 1 aliphatic rings. The van der Waals surface area contributed by atoms with Crippen molar-refractivity contribution in [2.75, 3.05) is 10.7 Å². The summed E-state index contributed by atoms with van der Waals surface area (Å²) >= 11 is 0. The number of carbonyl (C=O) groups excluding carboxylic acids is 1. The van der Waals surface area contributed by atoms with E-state index in [0.717, 1.165) is 15.5 Å². The van der Waals surface area contributed by atoms with Crippen LogP contribution in [0.5, 0.6) is 0 Å². The maximum absolute atomic E-state index is 13.1. The lowest BCUT2D eigenvalue weighted by molar-refractivity contribution is -0.138. The Balaban J connectivity index is 1.90. The predicted molar refractivity (Wildman–Crippen MR) is 97.7 cm³/mol. The van der Waals surface area contributed by atoms with Gasteiger partial charge in [-0.2, -0.15) is 26.3 Å². The van der Waals surface area contributed by atoms with Gasteiger partial charge < -0.3 is 0 Å². The third-order valence-electron chi connectivity index (χ3n) is 4.90. The molecular weight excluding hydrogens is 466 g/mol. The average molecular weight is 478 g/mol. The molecule has 0 unspecified atom stereocenters. The number of carbonyl (C=O) groups is 1. The minimum absolute atomic E-state index is 0.0455. The first-order valence-electron chi connectivity index (χ1n) is 8.94. The number of rotatable bonds is 3. The van der Waals surface area contributed by atoms with Crippen molar-refractivity contribution < 1.29 is 39.6 Å². The van der Waals surface area contributed by atoms with Gasteiger partial charge >= 0.3 is 12.4 Å². The van der Waals surface area contributed by atoms with Crippen molar-refractivity contribution in [1.82, 2.24) is 14.4 Å². The molecule has 4 heterocycles. The van der Waals surface area contributed by atoms with Crippen LogP contribution in [0.4, 0.5) is 32.2 Å². The van der Waals surface area contributed by atoms with E-state index in [1.807, 2.05) is 0 Å². The van der Waals surface area contributed by atoms with Crippen LogP contribution in [0.3, 0.4) is 0 Å². The fourth-order valence-electron chi connectivity index (χ4n) is 3.28. The molecule has 3 aromatic heterocycles. The van der Waals surface area contributed by atoms with Gasteiger partial charge in [-0.25, -0.2) is 13.4 Å². The predicted octanol–water partition coefficient (Wildman–Crippen LogP) is 3.72. The monoisotopic (exact) mass is 478 g/mol. The number of fused-ring (bicyclic) bond motifs is 2. The Kier molecular flexibility index (Phi) is 4.77. The number of anilines is 1. The highest BCUT2D eigenvalue weighted by Crippen LogP contribution is 2.37. The first-order valence-corrected chi connectivity index (χ1v) is 10.6. The van der Waals surface area contributed by atoms with E-state index >= 15 is 0 Å². The van der Waals surface area contributed by atoms with E-state index in [9.17, 15) is 39.6 Å². The van der Waals surface area contributed by atoms with E-state index < -0.39 is 73.6 Å². The van der Waals surface area contributed by atoms with Crippen LogP contribution in [0.15, 0.2) is 35.6 Å². The summed E-state index contributed by atoms with van der Waals surface area (Å²) in [5.74, 6) is -1.94. The van der Waals surface area contributed by atoms with Crippen molar-refractivity contribution in [3.8, 4) is 0 Å². The molecule has 0 spiro atoms. The number of imidazole rings is 1. The molecule has 1 amide bonds. The van der Waals surface area contributed by atoms with Crippen LogP contribution in [0.25, 0.3) is 5.65 Å². The van der Waals surface area contributed by atoms with E-state index in [-0.39, 0.29) is 5.69 Å². The molecule has 0 saturated carbocycles. The topological polar surface area (TPSA) is 84.6 Å². The number of nitrogens with zero attached hydrogens (tertiary/aromatic N) is 4. The Morgan fingerprint density at radius 3 is 2.31 bits per heavy atom. The van der Waals surface area contributed by atoms with Crippen LogP contribution >= 0.6 is 0 Å². The minimum atomic E-state index is -4.76. The van der Waals surface area contributed by atoms with Crippen molar-refractivity contribution >= 4 is 27.2 Å². The summed E-state index contributed by atoms with van der Waals surface area (Å²) < 4.78 is 105. The number of aromatic nitrogens is 3. The molecule has 1 aliphatic heterocycles. The smallest absolute Gasteiger partial charge is 0.289 e. The highest BCUT2D eigenvalue weighted by Gasteiger charge is 2.40. The number of hydrogen-bond donors (Lipinski definition) is 0. The first kappa shape index (κ1) is 22.0. The minimum Gasteiger partial charge on any atom is -0.289 e. The van der Waals surface area contributed by atoms with Crippen molar-refractivity contribution in [3.05, 3.63) is 53.0 Å². The normalized spacial score (nSPS) is 15.0. The third-order valence-corrected chi connectivity index (χ3v) is 6.63. The number of hydrogen-bond acceptors (Lipinski definition) is 5. The fraction of sp³-hybridized carbons (Fsp3) is 0.278. The lowest BCUT2D eigenvalue weighted by atomic mass is 10.1. The average Bonchev–Trinajstić information content (AvgIpc) is 3.24. The van der Waals surface area contributed by atoms with Gasteiger partial charge in [0.15, 0.2) is 20.7 Å². The van der Waals surface area contributed by atoms with Gasteiger partial charge in [-0.15, -0.1) is 0 Å². The van der Waals surface area contributed by atoms with Crippen LogP contribution < -0.4 is 4.90 Å². The van der Waals surface area contributed by atoms with Gasteiger partial charge in [0, 0.05) is 12.4 Å². The summed E-state index contributed by atoms with van der Waals surface area (Å²) in [4.78, 5) is 21.2. The standard InChI is InChI=1S/C18H12F6N4O3S/c1-2-32(30,31)16-14(26-13-6-9(17(19,20)21)3-4-27(13)16)28-8-12-11(15(28)29)5-10(7-25-12)18(22,23)24/h3-7H,2,8H2,1H3. The van der Waals surface area contributed by atoms with Crippen molar-refractivity contribution in [3.63, 3.8) is 0 Å². The van der Waals surface area contributed by atoms with E-state index in [2.05, 4.69) is 9.97 Å². The van der Waals surface area contributed by atoms with Crippen LogP contribution in [-0.4, -0.2) is 34.4 Å². The van der Waals surface area contributed by atoms with E-state index in [4.69, 9.17) is 0 Å². The zero-order valence-electron chi connectivity index (χ0n) is 16.0. The van der Waals surface area contributed by atoms with E-state index in [1.54, 1.807) is 0 Å². The molecule has 14 heteroatoms. The molecule has 0 aliphatic carbocycles. The van der Waals surface area contributed by atoms with Gasteiger partial charge in [-0.1, -0.05) is 6.92 Å². The van der Waals surface area contributed by atoms with E-state index in [0.29, 0.717) is 24.4 Å². The quantitative estimate of drug-likeness (QED) is 0.536. The maximum atomic E-state index is 13.1. The number of sulfone groups is 1. The Morgan fingerprint density at radius 2 is 1.72 bits per heavy atom. The molecule has 0 aromatic carbocycles. The molecule has 0 bridgehead atoms. The molecule has 3 aromatic rings. The molecule has 4 rings (SSSR count). The van der Waals surface area contributed by atoms with Gasteiger partial charge in [0.1, 0.15) is 5.65 Å². The first-order chi connectivity index (χ1) is 14.7. The molecule has 0 radical (unpaired) electrons. The van der Waals surface area contributed by atoms with Crippen LogP contribution in [-0.2, 0) is 28.7 Å². The van der Waals surface area contributed by atoms with E-state index in [1.165, 1.54) is 6.92 Å². The number of pyridine rings is 2. The van der Waals surface area contributed by atoms with Crippen molar-refractivity contribution in [2.24, 2.45) is 0 Å². The molecule has 0 saturated heterocycles. The number of halogens is 6. The Morgan fingerprint density at radius 1 is 1.06 bits per heavy atom. The molecule has 0 N–H and O–H groups in total. The van der Waals surface area contributed by atoms with Crippen LogP contribution in [0.1, 0.15) is 34.1 Å². The molecule has 32 heavy (non-hydrogen) atoms. The second kappa shape index (κ2) is 6.92. The highest BCUT2D eigenvalue weighted by atomic mass is 32.2. The molecule has 0 fully saturated rings. The SMILES string of the molecule is CCS(=O)(=O)c1c(N2Cc3ncc(C(F)(F)F)cc3C2=O)nc2cc(C(F)(F)F)ccn12. The molecular formula is C18H12F6N4O3S. The van der Waals surface area contributed by atoms with Gasteiger partial charge in [0.25, 0.3) is 5.91 Å². The largest absolute Gasteiger partial charge is 0.417 e. The number of alkyl halides is 6.